The van der Waals surface area contributed by atoms with Gasteiger partial charge in [-0.2, -0.15) is 0 Å². The Bertz CT molecular complexity index is 3150. The smallest absolute Gasteiger partial charge is 0.160 e. The molecule has 0 fully saturated rings. The molecule has 75 heavy (non-hydrogen) atoms. The third-order valence-electron chi connectivity index (χ3n) is 12.1. The molecule has 0 atom stereocenters. The Morgan fingerprint density at radius 2 is 0.693 bits per heavy atom. The molecule has 0 aliphatic rings. The third-order valence-corrected chi connectivity index (χ3v) is 12.1. The molecule has 0 aromatic heterocycles. The molecule has 0 unspecified atom stereocenters. The predicted molar refractivity (Wildman–Crippen MR) is 324 cm³/mol. The van der Waals surface area contributed by atoms with Gasteiger partial charge in [0.05, 0.1) is 28.4 Å². The molecule has 4 heteroatoms. The molecule has 388 valence electrons. The average molecular weight is 997 g/mol. The van der Waals surface area contributed by atoms with E-state index in [1.54, 1.807) is 28.4 Å². The number of hydrogen-bond donors (Lipinski definition) is 0. The molecule has 0 heterocycles. The van der Waals surface area contributed by atoms with E-state index in [1.165, 1.54) is 77.2 Å². The van der Waals surface area contributed by atoms with Gasteiger partial charge < -0.3 is 18.9 Å². The molecule has 10 rings (SSSR count). The van der Waals surface area contributed by atoms with Crippen LogP contribution in [0, 0.1) is 48.5 Å². The standard InChI is InChI=1S/C13H12.C12H12O.C11H10.C11H16.C9H12O2.C8H10O.C7H8/c1-11-7-9-13(10-8-11)12-5-3-2-4-6-12;1-9-7-8-12(13-2)11-6-4-3-5-10(9)11;1-9-5-4-7-10-6-2-3-8-11(9)10;1-9-5-7-10(8-6-9)11(2,3)4;1-7-4-5-8(10-2)9(6-7)11-3;1-7-3-5-8(9-2)6-4-7;1-7-5-3-2-4-6-7/h2-10H,1H3;3-8H,1-2H3;2-8H,1H3;5-8H,1-4H3;4-6H,1-3H3;3-6H,1-2H3;2-6H,1H3. The summed E-state index contributed by atoms with van der Waals surface area (Å²) in [6, 6.07) is 79.0. The number of aryl methyl sites for hydroxylation is 7. The van der Waals surface area contributed by atoms with Crippen molar-refractivity contribution in [2.75, 3.05) is 28.4 Å². The Morgan fingerprint density at radius 3 is 1.20 bits per heavy atom. The van der Waals surface area contributed by atoms with Crippen LogP contribution >= 0.6 is 0 Å². The number of rotatable bonds is 5. The summed E-state index contributed by atoms with van der Waals surface area (Å²) in [4.78, 5) is 0. The van der Waals surface area contributed by atoms with E-state index in [9.17, 15) is 0 Å². The van der Waals surface area contributed by atoms with Gasteiger partial charge in [-0.25, -0.2) is 0 Å². The summed E-state index contributed by atoms with van der Waals surface area (Å²) in [5, 5.41) is 5.13. The van der Waals surface area contributed by atoms with Crippen molar-refractivity contribution in [3.8, 4) is 34.1 Å². The monoisotopic (exact) mass is 997 g/mol. The summed E-state index contributed by atoms with van der Waals surface area (Å²) in [6.07, 6.45) is 0. The number of fused-ring (bicyclic) bond motifs is 2. The van der Waals surface area contributed by atoms with Crippen molar-refractivity contribution in [1.29, 1.82) is 0 Å². The van der Waals surface area contributed by atoms with Gasteiger partial charge in [-0.3, -0.25) is 0 Å². The molecule has 4 nitrogen and oxygen atoms in total. The van der Waals surface area contributed by atoms with Crippen molar-refractivity contribution in [2.45, 2.75) is 74.7 Å². The third kappa shape index (κ3) is 20.8. The minimum Gasteiger partial charge on any atom is -0.497 e. The maximum absolute atomic E-state index is 5.28. The lowest BCUT2D eigenvalue weighted by Gasteiger charge is -2.18. The van der Waals surface area contributed by atoms with E-state index in [0.717, 1.165) is 23.0 Å². The van der Waals surface area contributed by atoms with E-state index in [-0.39, 0.29) is 5.41 Å². The fraction of sp³-hybridized carbons (Fsp3) is 0.211. The molecule has 0 saturated heterocycles. The fourth-order valence-electron chi connectivity index (χ4n) is 7.57. The number of ether oxygens (including phenoxy) is 4. The summed E-state index contributed by atoms with van der Waals surface area (Å²) >= 11 is 0. The average Bonchev–Trinajstić information content (AvgIpc) is 3.43. The maximum Gasteiger partial charge on any atom is 0.160 e. The molecular formula is C71H80O4. The number of hydrogen-bond acceptors (Lipinski definition) is 4. The summed E-state index contributed by atoms with van der Waals surface area (Å²) < 4.78 is 20.4. The fourth-order valence-corrected chi connectivity index (χ4v) is 7.57. The van der Waals surface area contributed by atoms with E-state index in [4.69, 9.17) is 18.9 Å². The van der Waals surface area contributed by atoms with Crippen LogP contribution in [0.2, 0.25) is 0 Å². The van der Waals surface area contributed by atoms with E-state index in [0.29, 0.717) is 0 Å². The summed E-state index contributed by atoms with van der Waals surface area (Å²) in [5.74, 6) is 3.42. The van der Waals surface area contributed by atoms with Crippen molar-refractivity contribution in [1.82, 2.24) is 0 Å². The second-order valence-corrected chi connectivity index (χ2v) is 19.3. The van der Waals surface area contributed by atoms with Crippen LogP contribution in [-0.2, 0) is 5.41 Å². The Kier molecular flexibility index (Phi) is 25.0. The molecule has 0 aliphatic heterocycles. The van der Waals surface area contributed by atoms with Gasteiger partial charge in [-0.15, -0.1) is 0 Å². The van der Waals surface area contributed by atoms with Crippen molar-refractivity contribution < 1.29 is 18.9 Å². The van der Waals surface area contributed by atoms with Gasteiger partial charge >= 0.3 is 0 Å². The van der Waals surface area contributed by atoms with Crippen LogP contribution in [0.4, 0.5) is 0 Å². The molecule has 10 aromatic carbocycles. The lowest BCUT2D eigenvalue weighted by molar-refractivity contribution is 0.354. The Balaban J connectivity index is 0.000000191. The number of benzene rings is 10. The van der Waals surface area contributed by atoms with Crippen molar-refractivity contribution in [3.05, 3.63) is 275 Å². The SMILES string of the molecule is COc1ccc(C)c2ccccc12.COc1ccc(C)cc1.COc1ccc(C)cc1OC.Cc1ccc(-c2ccccc2)cc1.Cc1ccc(C(C)(C)C)cc1.Cc1cccc2ccccc12.Cc1ccccc1. The molecule has 0 spiro atoms. The van der Waals surface area contributed by atoms with Crippen LogP contribution in [-0.4, -0.2) is 28.4 Å². The normalized spacial score (nSPS) is 10.0. The second kappa shape index (κ2) is 31.5. The molecule has 0 amide bonds. The summed E-state index contributed by atoms with van der Waals surface area (Å²) in [6.45, 7) is 21.3. The minimum absolute atomic E-state index is 0.285. The van der Waals surface area contributed by atoms with Crippen LogP contribution in [0.25, 0.3) is 32.7 Å². The van der Waals surface area contributed by atoms with Crippen molar-refractivity contribution in [2.24, 2.45) is 0 Å². The van der Waals surface area contributed by atoms with Gasteiger partial charge in [-0.05, 0) is 134 Å². The highest BCUT2D eigenvalue weighted by molar-refractivity contribution is 5.91. The molecule has 0 aliphatic carbocycles. The Morgan fingerprint density at radius 1 is 0.280 bits per heavy atom. The molecular weight excluding hydrogens is 917 g/mol. The van der Waals surface area contributed by atoms with Crippen LogP contribution < -0.4 is 18.9 Å². The van der Waals surface area contributed by atoms with Gasteiger partial charge in [0.25, 0.3) is 0 Å². The zero-order valence-electron chi connectivity index (χ0n) is 47.1. The highest BCUT2D eigenvalue weighted by atomic mass is 16.5. The summed E-state index contributed by atoms with van der Waals surface area (Å²) in [7, 11) is 6.65. The quantitative estimate of drug-likeness (QED) is 0.172. The van der Waals surface area contributed by atoms with Gasteiger partial charge in [-0.1, -0.05) is 243 Å². The van der Waals surface area contributed by atoms with E-state index >= 15 is 0 Å². The highest BCUT2D eigenvalue weighted by Crippen LogP contribution is 2.29. The lowest BCUT2D eigenvalue weighted by Crippen LogP contribution is -2.10. The highest BCUT2D eigenvalue weighted by Gasteiger charge is 2.12. The molecule has 0 saturated carbocycles. The molecule has 0 N–H and O–H groups in total. The summed E-state index contributed by atoms with van der Waals surface area (Å²) in [5.41, 5.74) is 13.3. The van der Waals surface area contributed by atoms with E-state index in [1.807, 2.05) is 85.8 Å². The second-order valence-electron chi connectivity index (χ2n) is 19.3. The van der Waals surface area contributed by atoms with E-state index < -0.39 is 0 Å². The first-order valence-electron chi connectivity index (χ1n) is 25.5. The van der Waals surface area contributed by atoms with Crippen LogP contribution in [0.15, 0.2) is 231 Å². The molecule has 10 aromatic rings. The zero-order valence-corrected chi connectivity index (χ0v) is 47.1. The maximum atomic E-state index is 5.28. The van der Waals surface area contributed by atoms with Gasteiger partial charge in [0.1, 0.15) is 11.5 Å². The van der Waals surface area contributed by atoms with Crippen molar-refractivity contribution in [3.63, 3.8) is 0 Å². The Labute approximate surface area is 450 Å². The van der Waals surface area contributed by atoms with Gasteiger partial charge in [0, 0.05) is 5.39 Å². The van der Waals surface area contributed by atoms with Crippen LogP contribution in [0.5, 0.6) is 23.0 Å². The van der Waals surface area contributed by atoms with Crippen LogP contribution in [0.1, 0.15) is 65.3 Å². The number of methoxy groups -OCH3 is 4. The first kappa shape index (κ1) is 59.5. The van der Waals surface area contributed by atoms with E-state index in [2.05, 4.69) is 214 Å². The topological polar surface area (TPSA) is 36.9 Å². The zero-order chi connectivity index (χ0) is 54.6. The Hall–Kier alpha value is -8.08. The molecule has 0 radical (unpaired) electrons. The van der Waals surface area contributed by atoms with Crippen LogP contribution in [0.3, 0.4) is 0 Å². The predicted octanol–water partition coefficient (Wildman–Crippen LogP) is 19.3. The van der Waals surface area contributed by atoms with Crippen molar-refractivity contribution >= 4 is 21.5 Å². The first-order valence-corrected chi connectivity index (χ1v) is 25.5. The van der Waals surface area contributed by atoms with Gasteiger partial charge in [0.2, 0.25) is 0 Å². The molecule has 0 bridgehead atoms. The minimum atomic E-state index is 0.285. The lowest BCUT2D eigenvalue weighted by atomic mass is 9.87. The largest absolute Gasteiger partial charge is 0.497 e. The first-order chi connectivity index (χ1) is 36.1. The van der Waals surface area contributed by atoms with Gasteiger partial charge in [0.15, 0.2) is 11.5 Å².